The van der Waals surface area contributed by atoms with Crippen molar-refractivity contribution in [2.75, 3.05) is 32.6 Å². The number of benzene rings is 1. The van der Waals surface area contributed by atoms with Crippen molar-refractivity contribution in [2.24, 2.45) is 0 Å². The van der Waals surface area contributed by atoms with Crippen LogP contribution >= 0.6 is 11.6 Å². The van der Waals surface area contributed by atoms with E-state index >= 15 is 0 Å². The highest BCUT2D eigenvalue weighted by molar-refractivity contribution is 6.31. The number of ether oxygens (including phenoxy) is 2. The summed E-state index contributed by atoms with van der Waals surface area (Å²) in [6, 6.07) is 4.79. The largest absolute Gasteiger partial charge is 0.495 e. The first-order chi connectivity index (χ1) is 11.4. The van der Waals surface area contributed by atoms with Gasteiger partial charge in [-0.2, -0.15) is 0 Å². The van der Waals surface area contributed by atoms with Crippen LogP contribution < -0.4 is 10.1 Å². The fraction of sp³-hybridized carbons (Fsp3) is 0.312. The maximum atomic E-state index is 12.0. The van der Waals surface area contributed by atoms with Gasteiger partial charge in [0.05, 0.1) is 19.3 Å². The summed E-state index contributed by atoms with van der Waals surface area (Å²) < 4.78 is 9.86. The summed E-state index contributed by atoms with van der Waals surface area (Å²) in [6.07, 6.45) is 2.70. The number of amides is 2. The predicted molar refractivity (Wildman–Crippen MR) is 90.0 cm³/mol. The Kier molecular flexibility index (Phi) is 7.77. The van der Waals surface area contributed by atoms with E-state index in [1.165, 1.54) is 26.3 Å². The first-order valence-corrected chi connectivity index (χ1v) is 7.42. The van der Waals surface area contributed by atoms with E-state index in [0.717, 1.165) is 4.90 Å². The lowest BCUT2D eigenvalue weighted by Gasteiger charge is -2.17. The normalized spacial score (nSPS) is 10.3. The molecule has 130 valence electrons. The molecule has 0 fully saturated rings. The van der Waals surface area contributed by atoms with Gasteiger partial charge in [-0.1, -0.05) is 17.7 Å². The van der Waals surface area contributed by atoms with E-state index in [9.17, 15) is 14.4 Å². The zero-order chi connectivity index (χ0) is 18.1. The number of nitrogens with zero attached hydrogens (tertiary/aromatic N) is 1. The van der Waals surface area contributed by atoms with Crippen LogP contribution in [0.3, 0.4) is 0 Å². The van der Waals surface area contributed by atoms with Crippen LogP contribution in [0, 0.1) is 0 Å². The highest BCUT2D eigenvalue weighted by atomic mass is 35.5. The molecule has 0 aliphatic heterocycles. The average molecular weight is 355 g/mol. The van der Waals surface area contributed by atoms with Crippen LogP contribution in [0.4, 0.5) is 5.69 Å². The quantitative estimate of drug-likeness (QED) is 0.596. The van der Waals surface area contributed by atoms with E-state index in [2.05, 4.69) is 5.32 Å². The number of anilines is 1. The van der Waals surface area contributed by atoms with Gasteiger partial charge in [-0.15, -0.1) is 0 Å². The summed E-state index contributed by atoms with van der Waals surface area (Å²) in [7, 11) is 2.90. The number of halogens is 1. The number of likely N-dealkylation sites (N-methyl/N-ethyl adjacent to an activating group) is 1. The molecule has 0 bridgehead atoms. The summed E-state index contributed by atoms with van der Waals surface area (Å²) in [5, 5.41) is 3.05. The van der Waals surface area contributed by atoms with Gasteiger partial charge in [0, 0.05) is 18.1 Å². The third-order valence-electron chi connectivity index (χ3n) is 2.88. The number of rotatable bonds is 7. The van der Waals surface area contributed by atoms with Crippen molar-refractivity contribution in [3.63, 3.8) is 0 Å². The van der Waals surface area contributed by atoms with Gasteiger partial charge in [-0.3, -0.25) is 9.59 Å². The van der Waals surface area contributed by atoms with Gasteiger partial charge < -0.3 is 19.7 Å². The minimum atomic E-state index is -0.618. The van der Waals surface area contributed by atoms with Gasteiger partial charge in [0.15, 0.2) is 6.61 Å². The number of hydrogen-bond donors (Lipinski definition) is 1. The molecule has 8 heteroatoms. The van der Waals surface area contributed by atoms with Crippen molar-refractivity contribution in [3.8, 4) is 5.75 Å². The lowest BCUT2D eigenvalue weighted by Crippen LogP contribution is -2.37. The minimum Gasteiger partial charge on any atom is -0.495 e. The number of allylic oxidation sites excluding steroid dienone is 1. The third-order valence-corrected chi connectivity index (χ3v) is 3.12. The van der Waals surface area contributed by atoms with Crippen LogP contribution in [-0.2, 0) is 19.1 Å². The van der Waals surface area contributed by atoms with Crippen LogP contribution in [0.15, 0.2) is 30.4 Å². The van der Waals surface area contributed by atoms with E-state index in [1.54, 1.807) is 25.1 Å². The monoisotopic (exact) mass is 354 g/mol. The van der Waals surface area contributed by atoms with E-state index < -0.39 is 24.4 Å². The maximum Gasteiger partial charge on any atom is 0.330 e. The first-order valence-electron chi connectivity index (χ1n) is 7.04. The zero-order valence-electron chi connectivity index (χ0n) is 13.7. The van der Waals surface area contributed by atoms with Crippen LogP contribution in [0.5, 0.6) is 5.75 Å². The molecule has 0 unspecified atom stereocenters. The summed E-state index contributed by atoms with van der Waals surface area (Å²) in [5.41, 5.74) is 0.398. The van der Waals surface area contributed by atoms with Gasteiger partial charge in [0.1, 0.15) is 5.75 Å². The Hall–Kier alpha value is -2.54. The molecule has 7 nitrogen and oxygen atoms in total. The molecular formula is C16H19ClN2O5. The Morgan fingerprint density at radius 1 is 1.33 bits per heavy atom. The molecule has 2 amide bonds. The van der Waals surface area contributed by atoms with Crippen molar-refractivity contribution in [3.05, 3.63) is 35.4 Å². The Balaban J connectivity index is 2.56. The second kappa shape index (κ2) is 9.57. The second-order valence-corrected chi connectivity index (χ2v) is 5.19. The molecular weight excluding hydrogens is 336 g/mol. The van der Waals surface area contributed by atoms with Crippen molar-refractivity contribution >= 4 is 35.1 Å². The summed E-state index contributed by atoms with van der Waals surface area (Å²) in [6.45, 7) is 1.01. The van der Waals surface area contributed by atoms with E-state index in [0.29, 0.717) is 16.5 Å². The second-order valence-electron chi connectivity index (χ2n) is 4.75. The number of nitrogens with one attached hydrogen (secondary N) is 1. The summed E-state index contributed by atoms with van der Waals surface area (Å²) in [4.78, 5) is 36.1. The van der Waals surface area contributed by atoms with Crippen molar-refractivity contribution in [1.29, 1.82) is 0 Å². The molecule has 1 aromatic rings. The van der Waals surface area contributed by atoms with E-state index in [-0.39, 0.29) is 6.54 Å². The van der Waals surface area contributed by atoms with Gasteiger partial charge in [-0.25, -0.2) is 4.79 Å². The molecule has 24 heavy (non-hydrogen) atoms. The molecule has 1 N–H and O–H groups in total. The molecule has 0 aliphatic carbocycles. The number of esters is 1. The highest BCUT2D eigenvalue weighted by Crippen LogP contribution is 2.27. The molecule has 0 heterocycles. The first kappa shape index (κ1) is 19.5. The van der Waals surface area contributed by atoms with Crippen molar-refractivity contribution in [1.82, 2.24) is 4.90 Å². The molecule has 0 radical (unpaired) electrons. The summed E-state index contributed by atoms with van der Waals surface area (Å²) >= 11 is 5.88. The van der Waals surface area contributed by atoms with Crippen LogP contribution in [0.25, 0.3) is 0 Å². The van der Waals surface area contributed by atoms with Crippen LogP contribution in [0.2, 0.25) is 5.02 Å². The molecule has 0 saturated carbocycles. The topological polar surface area (TPSA) is 84.9 Å². The molecule has 1 aromatic carbocycles. The average Bonchev–Trinajstić information content (AvgIpc) is 2.52. The highest BCUT2D eigenvalue weighted by Gasteiger charge is 2.16. The lowest BCUT2D eigenvalue weighted by atomic mass is 10.3. The Labute approximate surface area is 145 Å². The standard InChI is InChI=1S/C16H19ClN2O5/c1-4-5-16(22)24-10-15(21)19(2)9-14(20)18-12-8-11(17)6-7-13(12)23-3/h4-8H,9-10H2,1-3H3,(H,18,20)/b5-4+. The molecule has 0 aliphatic rings. The molecule has 1 rings (SSSR count). The predicted octanol–water partition coefficient (Wildman–Crippen LogP) is 1.86. The third kappa shape index (κ3) is 6.29. The molecule has 0 aromatic heterocycles. The zero-order valence-corrected chi connectivity index (χ0v) is 14.4. The Morgan fingerprint density at radius 3 is 2.67 bits per heavy atom. The van der Waals surface area contributed by atoms with Crippen molar-refractivity contribution < 1.29 is 23.9 Å². The van der Waals surface area contributed by atoms with Gasteiger partial charge in [-0.05, 0) is 25.1 Å². The Bertz CT molecular complexity index is 645. The molecule has 0 saturated heterocycles. The van der Waals surface area contributed by atoms with E-state index in [1.807, 2.05) is 0 Å². The summed E-state index contributed by atoms with van der Waals surface area (Å²) in [5.74, 6) is -1.11. The number of hydrogen-bond acceptors (Lipinski definition) is 5. The fourth-order valence-electron chi connectivity index (χ4n) is 1.70. The van der Waals surface area contributed by atoms with Gasteiger partial charge in [0.25, 0.3) is 5.91 Å². The minimum absolute atomic E-state index is 0.213. The smallest absolute Gasteiger partial charge is 0.330 e. The fourth-order valence-corrected chi connectivity index (χ4v) is 1.87. The van der Waals surface area contributed by atoms with E-state index in [4.69, 9.17) is 21.1 Å². The van der Waals surface area contributed by atoms with Crippen molar-refractivity contribution in [2.45, 2.75) is 6.92 Å². The van der Waals surface area contributed by atoms with Gasteiger partial charge in [0.2, 0.25) is 5.91 Å². The maximum absolute atomic E-state index is 12.0. The molecule has 0 spiro atoms. The Morgan fingerprint density at radius 2 is 2.04 bits per heavy atom. The van der Waals surface area contributed by atoms with Crippen LogP contribution in [-0.4, -0.2) is 50.0 Å². The number of methoxy groups -OCH3 is 1. The number of carbonyl (C=O) groups excluding carboxylic acids is 3. The SMILES string of the molecule is C/C=C/C(=O)OCC(=O)N(C)CC(=O)Nc1cc(Cl)ccc1OC. The van der Waals surface area contributed by atoms with Crippen LogP contribution in [0.1, 0.15) is 6.92 Å². The molecule has 0 atom stereocenters. The van der Waals surface area contributed by atoms with Gasteiger partial charge >= 0.3 is 5.97 Å². The lowest BCUT2D eigenvalue weighted by molar-refractivity contribution is -0.148. The number of carbonyl (C=O) groups is 3.